The van der Waals surface area contributed by atoms with Crippen molar-refractivity contribution in [1.82, 2.24) is 4.72 Å². The van der Waals surface area contributed by atoms with Crippen LogP contribution < -0.4 is 14.2 Å². The molecule has 0 aromatic heterocycles. The summed E-state index contributed by atoms with van der Waals surface area (Å²) in [5.74, 6) is 1.39. The van der Waals surface area contributed by atoms with E-state index in [1.807, 2.05) is 38.1 Å². The Kier molecular flexibility index (Phi) is 6.08. The number of rotatable bonds is 7. The highest BCUT2D eigenvalue weighted by Gasteiger charge is 2.21. The molecule has 0 unspecified atom stereocenters. The molecule has 0 fully saturated rings. The number of hydrogen-bond acceptors (Lipinski definition) is 4. The summed E-state index contributed by atoms with van der Waals surface area (Å²) in [6.45, 7) is 7.60. The molecule has 0 heterocycles. The maximum Gasteiger partial charge on any atom is 0.241 e. The van der Waals surface area contributed by atoms with Crippen molar-refractivity contribution >= 4 is 10.0 Å². The van der Waals surface area contributed by atoms with Crippen LogP contribution in [-0.2, 0) is 10.0 Å². The van der Waals surface area contributed by atoms with Crippen LogP contribution in [0.5, 0.6) is 11.5 Å². The largest absolute Gasteiger partial charge is 0.496 e. The van der Waals surface area contributed by atoms with E-state index in [4.69, 9.17) is 9.47 Å². The maximum atomic E-state index is 12.7. The van der Waals surface area contributed by atoms with Gasteiger partial charge in [-0.3, -0.25) is 0 Å². The number of nitrogens with one attached hydrogen (secondary N) is 1. The fourth-order valence-electron chi connectivity index (χ4n) is 2.49. The maximum absolute atomic E-state index is 12.7. The number of hydrogen-bond donors (Lipinski definition) is 1. The van der Waals surface area contributed by atoms with E-state index in [0.717, 1.165) is 11.1 Å². The van der Waals surface area contributed by atoms with Gasteiger partial charge < -0.3 is 9.47 Å². The van der Waals surface area contributed by atoms with Gasteiger partial charge in [-0.2, -0.15) is 0 Å². The van der Waals surface area contributed by atoms with E-state index >= 15 is 0 Å². The molecule has 136 valence electrons. The third-order valence-corrected chi connectivity index (χ3v) is 5.59. The minimum absolute atomic E-state index is 0.247. The number of sulfonamides is 1. The van der Waals surface area contributed by atoms with Gasteiger partial charge in [-0.05, 0) is 63.1 Å². The van der Waals surface area contributed by atoms with Gasteiger partial charge in [-0.15, -0.1) is 0 Å². The van der Waals surface area contributed by atoms with E-state index in [9.17, 15) is 8.42 Å². The van der Waals surface area contributed by atoms with E-state index in [2.05, 4.69) is 4.72 Å². The monoisotopic (exact) mass is 363 g/mol. The summed E-state index contributed by atoms with van der Waals surface area (Å²) in [6, 6.07) is 10.6. The molecule has 2 aromatic carbocycles. The van der Waals surface area contributed by atoms with Gasteiger partial charge in [0, 0.05) is 0 Å². The number of methoxy groups -OCH3 is 1. The summed E-state index contributed by atoms with van der Waals surface area (Å²) in [4.78, 5) is 0.257. The molecular formula is C19H25NO4S. The Morgan fingerprint density at radius 3 is 2.28 bits per heavy atom. The van der Waals surface area contributed by atoms with E-state index in [0.29, 0.717) is 17.1 Å². The first-order chi connectivity index (χ1) is 11.7. The molecule has 0 aliphatic rings. The summed E-state index contributed by atoms with van der Waals surface area (Å²) in [6.07, 6.45) is 0. The van der Waals surface area contributed by atoms with Crippen LogP contribution in [-0.4, -0.2) is 28.2 Å². The molecule has 1 atom stereocenters. The standard InChI is InChI=1S/C19H25NO4S/c1-13-6-8-17(9-7-13)24-12-16(4)20-25(21,22)19-11-14(2)18(23-5)10-15(19)3/h6-11,16,20H,12H2,1-5H3/t16-/m0/s1. The average Bonchev–Trinajstić information content (AvgIpc) is 2.55. The van der Waals surface area contributed by atoms with E-state index in [1.165, 1.54) is 0 Å². The van der Waals surface area contributed by atoms with E-state index in [1.54, 1.807) is 33.1 Å². The molecule has 1 N–H and O–H groups in total. The molecular weight excluding hydrogens is 338 g/mol. The highest BCUT2D eigenvalue weighted by Crippen LogP contribution is 2.25. The fourth-order valence-corrected chi connectivity index (χ4v) is 4.03. The van der Waals surface area contributed by atoms with Crippen LogP contribution in [0, 0.1) is 20.8 Å². The molecule has 0 aliphatic heterocycles. The smallest absolute Gasteiger partial charge is 0.241 e. The first-order valence-electron chi connectivity index (χ1n) is 8.10. The van der Waals surface area contributed by atoms with Crippen molar-refractivity contribution in [3.8, 4) is 11.5 Å². The molecule has 2 rings (SSSR count). The lowest BCUT2D eigenvalue weighted by molar-refractivity contribution is 0.287. The summed E-state index contributed by atoms with van der Waals surface area (Å²) >= 11 is 0. The van der Waals surface area contributed by atoms with Crippen LogP contribution in [0.1, 0.15) is 23.6 Å². The Labute approximate surface area is 150 Å². The number of ether oxygens (including phenoxy) is 2. The van der Waals surface area contributed by atoms with Gasteiger partial charge in [0.25, 0.3) is 0 Å². The second kappa shape index (κ2) is 7.89. The SMILES string of the molecule is COc1cc(C)c(S(=O)(=O)N[C@@H](C)COc2ccc(C)cc2)cc1C. The third kappa shape index (κ3) is 4.96. The molecule has 0 bridgehead atoms. The summed E-state index contributed by atoms with van der Waals surface area (Å²) < 4.78 is 38.9. The van der Waals surface area contributed by atoms with Crippen molar-refractivity contribution in [3.63, 3.8) is 0 Å². The first-order valence-corrected chi connectivity index (χ1v) is 9.58. The van der Waals surface area contributed by atoms with Gasteiger partial charge in [-0.25, -0.2) is 13.1 Å². The Balaban J connectivity index is 2.07. The van der Waals surface area contributed by atoms with Gasteiger partial charge in [0.05, 0.1) is 18.0 Å². The highest BCUT2D eigenvalue weighted by atomic mass is 32.2. The molecule has 25 heavy (non-hydrogen) atoms. The predicted octanol–water partition coefficient (Wildman–Crippen LogP) is 3.37. The minimum Gasteiger partial charge on any atom is -0.496 e. The fraction of sp³-hybridized carbons (Fsp3) is 0.368. The normalized spacial score (nSPS) is 12.7. The topological polar surface area (TPSA) is 64.6 Å². The first kappa shape index (κ1) is 19.3. The minimum atomic E-state index is -3.63. The lowest BCUT2D eigenvalue weighted by atomic mass is 10.1. The molecule has 0 radical (unpaired) electrons. The lowest BCUT2D eigenvalue weighted by Crippen LogP contribution is -2.37. The van der Waals surface area contributed by atoms with Crippen molar-refractivity contribution in [1.29, 1.82) is 0 Å². The second-order valence-corrected chi connectivity index (χ2v) is 7.92. The van der Waals surface area contributed by atoms with E-state index in [-0.39, 0.29) is 17.5 Å². The van der Waals surface area contributed by atoms with Gasteiger partial charge >= 0.3 is 0 Å². The Bertz CT molecular complexity index is 829. The molecule has 2 aromatic rings. The van der Waals surface area contributed by atoms with Crippen LogP contribution in [0.3, 0.4) is 0 Å². The summed E-state index contributed by atoms with van der Waals surface area (Å²) in [5, 5.41) is 0. The molecule has 0 aliphatic carbocycles. The van der Waals surface area contributed by atoms with Crippen LogP contribution >= 0.6 is 0 Å². The van der Waals surface area contributed by atoms with Crippen molar-refractivity contribution in [3.05, 3.63) is 53.1 Å². The Hall–Kier alpha value is -2.05. The van der Waals surface area contributed by atoms with Gasteiger partial charge in [0.15, 0.2) is 0 Å². The second-order valence-electron chi connectivity index (χ2n) is 6.23. The highest BCUT2D eigenvalue weighted by molar-refractivity contribution is 7.89. The van der Waals surface area contributed by atoms with Gasteiger partial charge in [0.2, 0.25) is 10.0 Å². The van der Waals surface area contributed by atoms with Crippen molar-refractivity contribution in [2.24, 2.45) is 0 Å². The predicted molar refractivity (Wildman–Crippen MR) is 98.9 cm³/mol. The zero-order valence-corrected chi connectivity index (χ0v) is 16.1. The van der Waals surface area contributed by atoms with E-state index < -0.39 is 10.0 Å². The number of benzene rings is 2. The lowest BCUT2D eigenvalue weighted by Gasteiger charge is -2.17. The molecule has 0 spiro atoms. The number of aryl methyl sites for hydroxylation is 3. The van der Waals surface area contributed by atoms with Crippen LogP contribution in [0.15, 0.2) is 41.3 Å². The van der Waals surface area contributed by atoms with Crippen LogP contribution in [0.25, 0.3) is 0 Å². The molecule has 6 heteroatoms. The zero-order chi connectivity index (χ0) is 18.6. The Morgan fingerprint density at radius 2 is 1.68 bits per heavy atom. The zero-order valence-electron chi connectivity index (χ0n) is 15.3. The van der Waals surface area contributed by atoms with Crippen molar-refractivity contribution < 1.29 is 17.9 Å². The van der Waals surface area contributed by atoms with Crippen molar-refractivity contribution in [2.45, 2.75) is 38.6 Å². The summed E-state index contributed by atoms with van der Waals surface area (Å²) in [5.41, 5.74) is 2.56. The van der Waals surface area contributed by atoms with Crippen molar-refractivity contribution in [2.75, 3.05) is 13.7 Å². The molecule has 0 saturated heterocycles. The van der Waals surface area contributed by atoms with Gasteiger partial charge in [0.1, 0.15) is 18.1 Å². The van der Waals surface area contributed by atoms with Crippen LogP contribution in [0.2, 0.25) is 0 Å². The van der Waals surface area contributed by atoms with Gasteiger partial charge in [-0.1, -0.05) is 17.7 Å². The van der Waals surface area contributed by atoms with Crippen LogP contribution in [0.4, 0.5) is 0 Å². The molecule has 0 saturated carbocycles. The average molecular weight is 363 g/mol. The molecule has 0 amide bonds. The summed E-state index contributed by atoms with van der Waals surface area (Å²) in [7, 11) is -2.07. The Morgan fingerprint density at radius 1 is 1.04 bits per heavy atom. The quantitative estimate of drug-likeness (QED) is 0.819. The molecule has 5 nitrogen and oxygen atoms in total. The third-order valence-electron chi connectivity index (χ3n) is 3.86.